The molecule has 24 heavy (non-hydrogen) atoms. The van der Waals surface area contributed by atoms with E-state index in [-0.39, 0.29) is 30.6 Å². The van der Waals surface area contributed by atoms with E-state index < -0.39 is 0 Å². The molecule has 1 atom stereocenters. The molecule has 1 amide bonds. The highest BCUT2D eigenvalue weighted by molar-refractivity contribution is 7.10. The number of ether oxygens (including phenoxy) is 1. The van der Waals surface area contributed by atoms with Gasteiger partial charge >= 0.3 is 0 Å². The molecule has 0 unspecified atom stereocenters. The first-order valence-electron chi connectivity index (χ1n) is 8.34. The van der Waals surface area contributed by atoms with Gasteiger partial charge in [0.05, 0.1) is 18.6 Å². The monoisotopic (exact) mass is 365 g/mol. The summed E-state index contributed by atoms with van der Waals surface area (Å²) in [6.07, 6.45) is 3.82. The summed E-state index contributed by atoms with van der Waals surface area (Å²) < 4.78 is 5.72. The van der Waals surface area contributed by atoms with Crippen LogP contribution < -0.4 is 5.32 Å². The maximum Gasteiger partial charge on any atom is 0.231 e. The summed E-state index contributed by atoms with van der Waals surface area (Å²) >= 11 is 3.28. The summed E-state index contributed by atoms with van der Waals surface area (Å²) in [7, 11) is 0. The lowest BCUT2D eigenvalue weighted by atomic mass is 9.83. The van der Waals surface area contributed by atoms with Crippen molar-refractivity contribution in [3.63, 3.8) is 0 Å². The Balaban J connectivity index is 1.68. The maximum atomic E-state index is 13.0. The normalized spacial score (nSPS) is 17.7. The number of carbonyl (C=O) groups excluding carboxylic acids is 1. The molecule has 3 rings (SSSR count). The van der Waals surface area contributed by atoms with Crippen molar-refractivity contribution < 1.29 is 14.6 Å². The lowest BCUT2D eigenvalue weighted by Crippen LogP contribution is -2.43. The maximum absolute atomic E-state index is 13.0. The van der Waals surface area contributed by atoms with Crippen LogP contribution in [-0.2, 0) is 14.9 Å². The Hall–Kier alpha value is -1.21. The molecule has 1 aliphatic rings. The highest BCUT2D eigenvalue weighted by atomic mass is 32.1. The second-order valence-corrected chi connectivity index (χ2v) is 8.00. The Kier molecular flexibility index (Phi) is 6.05. The molecule has 130 valence electrons. The smallest absolute Gasteiger partial charge is 0.231 e. The fourth-order valence-electron chi connectivity index (χ4n) is 3.38. The number of rotatable bonds is 8. The van der Waals surface area contributed by atoms with Gasteiger partial charge < -0.3 is 15.2 Å². The van der Waals surface area contributed by atoms with Crippen LogP contribution in [0.4, 0.5) is 0 Å². The van der Waals surface area contributed by atoms with E-state index >= 15 is 0 Å². The molecule has 0 aromatic carbocycles. The molecule has 0 bridgehead atoms. The Morgan fingerprint density at radius 2 is 2.00 bits per heavy atom. The van der Waals surface area contributed by atoms with E-state index in [9.17, 15) is 4.79 Å². The van der Waals surface area contributed by atoms with Crippen LogP contribution in [0.2, 0.25) is 0 Å². The van der Waals surface area contributed by atoms with Crippen molar-refractivity contribution in [2.24, 2.45) is 0 Å². The van der Waals surface area contributed by atoms with Crippen molar-refractivity contribution in [1.29, 1.82) is 0 Å². The molecule has 0 radical (unpaired) electrons. The van der Waals surface area contributed by atoms with Crippen LogP contribution in [0.15, 0.2) is 35.0 Å². The van der Waals surface area contributed by atoms with E-state index in [1.54, 1.807) is 22.7 Å². The van der Waals surface area contributed by atoms with Crippen LogP contribution in [0.25, 0.3) is 0 Å². The lowest BCUT2D eigenvalue weighted by molar-refractivity contribution is -0.127. The van der Waals surface area contributed by atoms with E-state index in [0.29, 0.717) is 6.54 Å². The topological polar surface area (TPSA) is 58.6 Å². The van der Waals surface area contributed by atoms with Gasteiger partial charge in [0.1, 0.15) is 6.10 Å². The largest absolute Gasteiger partial charge is 0.394 e. The minimum absolute atomic E-state index is 0.0189. The number of aliphatic hydroxyl groups excluding tert-OH is 1. The molecule has 0 aliphatic heterocycles. The average molecular weight is 366 g/mol. The quantitative estimate of drug-likeness (QED) is 0.753. The van der Waals surface area contributed by atoms with Crippen molar-refractivity contribution in [3.8, 4) is 0 Å². The predicted octanol–water partition coefficient (Wildman–Crippen LogP) is 3.49. The number of nitrogens with one attached hydrogen (secondary N) is 1. The molecule has 2 heterocycles. The zero-order valence-electron chi connectivity index (χ0n) is 13.6. The van der Waals surface area contributed by atoms with Gasteiger partial charge in [-0.3, -0.25) is 4.79 Å². The van der Waals surface area contributed by atoms with Crippen LogP contribution in [-0.4, -0.2) is 30.8 Å². The first-order chi connectivity index (χ1) is 11.8. The first-order valence-corrected chi connectivity index (χ1v) is 10.1. The minimum Gasteiger partial charge on any atom is -0.394 e. The SMILES string of the molecule is O=C(NC[C@@H](OCCO)c1cccs1)C1(c2cccs2)CCCC1. The molecular formula is C18H23NO3S2. The fraction of sp³-hybridized carbons (Fsp3) is 0.500. The molecule has 2 aromatic heterocycles. The highest BCUT2D eigenvalue weighted by Gasteiger charge is 2.43. The third-order valence-electron chi connectivity index (χ3n) is 4.60. The highest BCUT2D eigenvalue weighted by Crippen LogP contribution is 2.43. The molecule has 2 N–H and O–H groups in total. The third-order valence-corrected chi connectivity index (χ3v) is 6.64. The number of hydrogen-bond acceptors (Lipinski definition) is 5. The zero-order chi connectivity index (χ0) is 16.8. The Bertz CT molecular complexity index is 619. The average Bonchev–Trinajstić information content (AvgIpc) is 3.35. The molecular weight excluding hydrogens is 342 g/mol. The summed E-state index contributed by atoms with van der Waals surface area (Å²) in [5.41, 5.74) is -0.370. The van der Waals surface area contributed by atoms with Crippen LogP contribution in [0.1, 0.15) is 41.5 Å². The predicted molar refractivity (Wildman–Crippen MR) is 97.6 cm³/mol. The summed E-state index contributed by atoms with van der Waals surface area (Å²) in [5, 5.41) is 16.2. The molecule has 4 nitrogen and oxygen atoms in total. The fourth-order valence-corrected chi connectivity index (χ4v) is 5.14. The second kappa shape index (κ2) is 8.25. The molecule has 1 saturated carbocycles. The van der Waals surface area contributed by atoms with Gasteiger partial charge in [-0.1, -0.05) is 25.0 Å². The minimum atomic E-state index is -0.370. The van der Waals surface area contributed by atoms with Gasteiger partial charge in [-0.05, 0) is 35.7 Å². The van der Waals surface area contributed by atoms with Gasteiger partial charge in [0.25, 0.3) is 0 Å². The van der Waals surface area contributed by atoms with Crippen molar-refractivity contribution in [2.75, 3.05) is 19.8 Å². The van der Waals surface area contributed by atoms with Gasteiger partial charge in [0.15, 0.2) is 0 Å². The molecule has 1 aliphatic carbocycles. The number of hydrogen-bond donors (Lipinski definition) is 2. The Morgan fingerprint density at radius 1 is 1.25 bits per heavy atom. The van der Waals surface area contributed by atoms with Gasteiger partial charge in [0.2, 0.25) is 5.91 Å². The number of aliphatic hydroxyl groups is 1. The van der Waals surface area contributed by atoms with Crippen LogP contribution >= 0.6 is 22.7 Å². The van der Waals surface area contributed by atoms with Crippen molar-refractivity contribution in [2.45, 2.75) is 37.2 Å². The molecule has 0 saturated heterocycles. The summed E-state index contributed by atoms with van der Waals surface area (Å²) in [6.45, 7) is 0.690. The Labute approximate surface area is 150 Å². The van der Waals surface area contributed by atoms with E-state index in [1.807, 2.05) is 29.0 Å². The standard InChI is InChI=1S/C18H23NO3S2/c20-9-10-22-14(15-5-3-11-23-15)13-19-17(21)18(7-1-2-8-18)16-6-4-12-24-16/h3-6,11-12,14,20H,1-2,7-10,13H2,(H,19,21)/t14-/m1/s1. The molecule has 0 spiro atoms. The van der Waals surface area contributed by atoms with Crippen LogP contribution in [0.5, 0.6) is 0 Å². The number of amides is 1. The van der Waals surface area contributed by atoms with Crippen LogP contribution in [0.3, 0.4) is 0 Å². The van der Waals surface area contributed by atoms with Crippen LogP contribution in [0, 0.1) is 0 Å². The van der Waals surface area contributed by atoms with Crippen molar-refractivity contribution >= 4 is 28.6 Å². The second-order valence-electron chi connectivity index (χ2n) is 6.07. The molecule has 2 aromatic rings. The zero-order valence-corrected chi connectivity index (χ0v) is 15.2. The van der Waals surface area contributed by atoms with Gasteiger partial charge in [0, 0.05) is 16.3 Å². The number of carbonyl (C=O) groups is 1. The van der Waals surface area contributed by atoms with E-state index in [2.05, 4.69) is 11.4 Å². The summed E-state index contributed by atoms with van der Waals surface area (Å²) in [6, 6.07) is 8.07. The Morgan fingerprint density at radius 3 is 2.62 bits per heavy atom. The van der Waals surface area contributed by atoms with Gasteiger partial charge in [-0.15, -0.1) is 22.7 Å². The van der Waals surface area contributed by atoms with E-state index in [1.165, 1.54) is 4.88 Å². The molecule has 1 fully saturated rings. The van der Waals surface area contributed by atoms with Crippen molar-refractivity contribution in [1.82, 2.24) is 5.32 Å². The lowest BCUT2D eigenvalue weighted by Gasteiger charge is -2.28. The third kappa shape index (κ3) is 3.72. The summed E-state index contributed by atoms with van der Waals surface area (Å²) in [5.74, 6) is 0.108. The first kappa shape index (κ1) is 17.6. The summed E-state index contributed by atoms with van der Waals surface area (Å²) in [4.78, 5) is 15.2. The number of thiophene rings is 2. The van der Waals surface area contributed by atoms with E-state index in [4.69, 9.17) is 9.84 Å². The van der Waals surface area contributed by atoms with Gasteiger partial charge in [-0.2, -0.15) is 0 Å². The van der Waals surface area contributed by atoms with Crippen molar-refractivity contribution in [3.05, 3.63) is 44.8 Å². The molecule has 6 heteroatoms. The van der Waals surface area contributed by atoms with Gasteiger partial charge in [-0.25, -0.2) is 0 Å². The van der Waals surface area contributed by atoms with E-state index in [0.717, 1.165) is 30.6 Å².